The van der Waals surface area contributed by atoms with Gasteiger partial charge in [-0.1, -0.05) is 41.7 Å². The number of thiazole rings is 1. The topological polar surface area (TPSA) is 85.5 Å². The summed E-state index contributed by atoms with van der Waals surface area (Å²) in [6.45, 7) is 0.196. The third-order valence-electron chi connectivity index (χ3n) is 5.00. The predicted octanol–water partition coefficient (Wildman–Crippen LogP) is 4.65. The number of carbonyl (C=O) groups is 1. The fourth-order valence-corrected chi connectivity index (χ4v) is 4.43. The van der Waals surface area contributed by atoms with E-state index in [0.717, 1.165) is 10.3 Å². The Morgan fingerprint density at radius 2 is 2.00 bits per heavy atom. The summed E-state index contributed by atoms with van der Waals surface area (Å²) in [6.07, 6.45) is 3.34. The van der Waals surface area contributed by atoms with Gasteiger partial charge in [0.05, 0.1) is 18.4 Å². The van der Waals surface area contributed by atoms with Crippen LogP contribution in [0, 0.1) is 0 Å². The van der Waals surface area contributed by atoms with Crippen molar-refractivity contribution in [1.29, 1.82) is 0 Å². The van der Waals surface area contributed by atoms with Crippen LogP contribution in [-0.2, 0) is 6.54 Å². The van der Waals surface area contributed by atoms with Crippen LogP contribution in [0.25, 0.3) is 21.2 Å². The highest BCUT2D eigenvalue weighted by molar-refractivity contribution is 7.22. The summed E-state index contributed by atoms with van der Waals surface area (Å²) in [5.74, 6) is 0.121. The van der Waals surface area contributed by atoms with Crippen LogP contribution in [0.1, 0.15) is 15.9 Å². The minimum Gasteiger partial charge on any atom is -0.494 e. The molecule has 0 fully saturated rings. The first-order valence-electron chi connectivity index (χ1n) is 9.81. The van der Waals surface area contributed by atoms with Crippen molar-refractivity contribution in [2.45, 2.75) is 6.54 Å². The molecule has 0 saturated heterocycles. The van der Waals surface area contributed by atoms with Gasteiger partial charge in [0.2, 0.25) is 0 Å². The SMILES string of the molecule is COc1cccc2sc(N(Cc3cccnc3)C(=O)c3cc4ccccc4oc3=O)nc12. The van der Waals surface area contributed by atoms with E-state index in [1.807, 2.05) is 30.3 Å². The number of methoxy groups -OCH3 is 1. The Morgan fingerprint density at radius 1 is 1.12 bits per heavy atom. The number of benzene rings is 2. The summed E-state index contributed by atoms with van der Waals surface area (Å²) >= 11 is 1.35. The van der Waals surface area contributed by atoms with Crippen LogP contribution >= 0.6 is 11.3 Å². The highest BCUT2D eigenvalue weighted by Gasteiger charge is 2.26. The number of pyridine rings is 1. The summed E-state index contributed by atoms with van der Waals surface area (Å²) in [5, 5.41) is 1.12. The Labute approximate surface area is 186 Å². The number of rotatable bonds is 5. The van der Waals surface area contributed by atoms with E-state index >= 15 is 0 Å². The average molecular weight is 443 g/mol. The van der Waals surface area contributed by atoms with Crippen molar-refractivity contribution >= 4 is 43.6 Å². The first kappa shape index (κ1) is 19.9. The van der Waals surface area contributed by atoms with Crippen LogP contribution in [0.15, 0.2) is 82.3 Å². The summed E-state index contributed by atoms with van der Waals surface area (Å²) in [5.41, 5.74) is 1.14. The molecule has 158 valence electrons. The second-order valence-electron chi connectivity index (χ2n) is 7.04. The van der Waals surface area contributed by atoms with Crippen molar-refractivity contribution in [3.05, 3.63) is 94.6 Å². The van der Waals surface area contributed by atoms with E-state index in [9.17, 15) is 9.59 Å². The van der Waals surface area contributed by atoms with Gasteiger partial charge in [-0.3, -0.25) is 14.7 Å². The Balaban J connectivity index is 1.64. The molecule has 0 aliphatic rings. The molecule has 2 aromatic carbocycles. The first-order valence-corrected chi connectivity index (χ1v) is 10.6. The quantitative estimate of drug-likeness (QED) is 0.368. The van der Waals surface area contributed by atoms with Crippen molar-refractivity contribution < 1.29 is 13.9 Å². The van der Waals surface area contributed by atoms with Gasteiger partial charge >= 0.3 is 5.63 Å². The Bertz CT molecular complexity index is 1490. The molecule has 5 aromatic rings. The molecule has 0 N–H and O–H groups in total. The van der Waals surface area contributed by atoms with Crippen molar-refractivity contribution in [2.24, 2.45) is 0 Å². The lowest BCUT2D eigenvalue weighted by atomic mass is 10.1. The highest BCUT2D eigenvalue weighted by Crippen LogP contribution is 2.35. The number of aromatic nitrogens is 2. The highest BCUT2D eigenvalue weighted by atomic mass is 32.1. The summed E-state index contributed by atoms with van der Waals surface area (Å²) in [4.78, 5) is 36.6. The van der Waals surface area contributed by atoms with E-state index in [1.165, 1.54) is 16.2 Å². The van der Waals surface area contributed by atoms with Crippen LogP contribution in [0.2, 0.25) is 0 Å². The predicted molar refractivity (Wildman–Crippen MR) is 123 cm³/mol. The number of para-hydroxylation sites is 2. The van der Waals surface area contributed by atoms with Gasteiger partial charge in [0.1, 0.15) is 22.4 Å². The van der Waals surface area contributed by atoms with Crippen LogP contribution in [-0.4, -0.2) is 23.0 Å². The number of hydrogen-bond donors (Lipinski definition) is 0. The monoisotopic (exact) mass is 443 g/mol. The van der Waals surface area contributed by atoms with Gasteiger partial charge in [0.25, 0.3) is 5.91 Å². The molecule has 3 heterocycles. The number of hydrogen-bond acceptors (Lipinski definition) is 7. The van der Waals surface area contributed by atoms with Crippen LogP contribution < -0.4 is 15.3 Å². The van der Waals surface area contributed by atoms with Crippen LogP contribution in [0.4, 0.5) is 5.13 Å². The molecule has 0 bridgehead atoms. The van der Waals surface area contributed by atoms with Gasteiger partial charge in [-0.15, -0.1) is 0 Å². The van der Waals surface area contributed by atoms with Crippen molar-refractivity contribution in [1.82, 2.24) is 9.97 Å². The lowest BCUT2D eigenvalue weighted by Crippen LogP contribution is -2.33. The fraction of sp³-hybridized carbons (Fsp3) is 0.0833. The molecule has 0 atom stereocenters. The van der Waals surface area contributed by atoms with Gasteiger partial charge in [0, 0.05) is 17.8 Å². The molecule has 0 aliphatic carbocycles. The van der Waals surface area contributed by atoms with E-state index in [2.05, 4.69) is 9.97 Å². The maximum Gasteiger partial charge on any atom is 0.349 e. The fourth-order valence-electron chi connectivity index (χ4n) is 3.45. The Morgan fingerprint density at radius 3 is 2.81 bits per heavy atom. The summed E-state index contributed by atoms with van der Waals surface area (Å²) in [6, 6.07) is 17.9. The zero-order valence-corrected chi connectivity index (χ0v) is 17.8. The van der Waals surface area contributed by atoms with Gasteiger partial charge < -0.3 is 9.15 Å². The molecule has 0 radical (unpaired) electrons. The third kappa shape index (κ3) is 3.61. The van der Waals surface area contributed by atoms with Gasteiger partial charge in [-0.2, -0.15) is 0 Å². The zero-order chi connectivity index (χ0) is 22.1. The number of carbonyl (C=O) groups excluding carboxylic acids is 1. The lowest BCUT2D eigenvalue weighted by Gasteiger charge is -2.19. The molecule has 0 saturated carbocycles. The molecule has 0 aliphatic heterocycles. The number of ether oxygens (including phenoxy) is 1. The molecule has 8 heteroatoms. The first-order chi connectivity index (χ1) is 15.6. The zero-order valence-electron chi connectivity index (χ0n) is 17.0. The van der Waals surface area contributed by atoms with Gasteiger partial charge in [-0.05, 0) is 35.9 Å². The van der Waals surface area contributed by atoms with Crippen molar-refractivity contribution in [2.75, 3.05) is 12.0 Å². The molecule has 32 heavy (non-hydrogen) atoms. The van der Waals surface area contributed by atoms with E-state index in [0.29, 0.717) is 27.4 Å². The smallest absolute Gasteiger partial charge is 0.349 e. The van der Waals surface area contributed by atoms with Crippen LogP contribution in [0.5, 0.6) is 5.75 Å². The maximum atomic E-state index is 13.6. The van der Waals surface area contributed by atoms with E-state index in [4.69, 9.17) is 9.15 Å². The molecule has 1 amide bonds. The molecule has 0 spiro atoms. The lowest BCUT2D eigenvalue weighted by molar-refractivity contribution is 0.0981. The number of fused-ring (bicyclic) bond motifs is 2. The van der Waals surface area contributed by atoms with Gasteiger partial charge in [-0.25, -0.2) is 9.78 Å². The second kappa shape index (κ2) is 8.24. The molecular formula is C24H17N3O4S. The molecule has 3 aromatic heterocycles. The number of nitrogens with zero attached hydrogens (tertiary/aromatic N) is 3. The largest absolute Gasteiger partial charge is 0.494 e. The second-order valence-corrected chi connectivity index (χ2v) is 8.05. The van der Waals surface area contributed by atoms with Crippen molar-refractivity contribution in [3.8, 4) is 5.75 Å². The minimum absolute atomic E-state index is 0.0567. The normalized spacial score (nSPS) is 11.0. The Hall–Kier alpha value is -4.04. The number of amides is 1. The summed E-state index contributed by atoms with van der Waals surface area (Å²) in [7, 11) is 1.58. The Kier molecular flexibility index (Phi) is 5.12. The average Bonchev–Trinajstić information content (AvgIpc) is 3.26. The minimum atomic E-state index is -0.691. The molecule has 5 rings (SSSR count). The standard InChI is InChI=1S/C24H17N3O4S/c1-30-19-9-4-10-20-21(19)26-24(32-20)27(14-15-6-5-11-25-13-15)22(28)17-12-16-7-2-3-8-18(16)31-23(17)29/h2-13H,14H2,1H3. The number of anilines is 1. The molecular weight excluding hydrogens is 426 g/mol. The van der Waals surface area contributed by atoms with E-state index < -0.39 is 11.5 Å². The van der Waals surface area contributed by atoms with E-state index in [1.54, 1.807) is 49.8 Å². The van der Waals surface area contributed by atoms with E-state index in [-0.39, 0.29) is 12.1 Å². The van der Waals surface area contributed by atoms with Crippen LogP contribution in [0.3, 0.4) is 0 Å². The van der Waals surface area contributed by atoms with Gasteiger partial charge in [0.15, 0.2) is 5.13 Å². The molecule has 7 nitrogen and oxygen atoms in total. The summed E-state index contributed by atoms with van der Waals surface area (Å²) < 4.78 is 11.7. The molecule has 0 unspecified atom stereocenters. The maximum absolute atomic E-state index is 13.6. The third-order valence-corrected chi connectivity index (χ3v) is 6.05. The van der Waals surface area contributed by atoms with Crippen molar-refractivity contribution in [3.63, 3.8) is 0 Å².